The van der Waals surface area contributed by atoms with Gasteiger partial charge in [-0.25, -0.2) is 0 Å². The normalized spacial score (nSPS) is 10.4. The number of aromatic nitrogens is 1. The van der Waals surface area contributed by atoms with Gasteiger partial charge >= 0.3 is 0 Å². The van der Waals surface area contributed by atoms with E-state index in [9.17, 15) is 0 Å². The van der Waals surface area contributed by atoms with Crippen LogP contribution in [0.3, 0.4) is 0 Å². The molecule has 3 nitrogen and oxygen atoms in total. The van der Waals surface area contributed by atoms with Gasteiger partial charge in [0.15, 0.2) is 0 Å². The van der Waals surface area contributed by atoms with E-state index in [1.807, 2.05) is 6.07 Å². The average molecular weight is 271 g/mol. The van der Waals surface area contributed by atoms with Gasteiger partial charge in [0.05, 0.1) is 0 Å². The number of pyridine rings is 1. The SMILES string of the molecule is Cc1cc(C)cc(CSc2ccc(C(=N)N)nc2)c1. The minimum atomic E-state index is 0.00542. The number of nitrogens with zero attached hydrogens (tertiary/aromatic N) is 1. The van der Waals surface area contributed by atoms with Crippen molar-refractivity contribution in [3.05, 3.63) is 58.9 Å². The third-order valence-corrected chi connectivity index (χ3v) is 3.75. The highest BCUT2D eigenvalue weighted by Crippen LogP contribution is 2.23. The van der Waals surface area contributed by atoms with Crippen LogP contribution < -0.4 is 5.73 Å². The highest BCUT2D eigenvalue weighted by Gasteiger charge is 2.01. The summed E-state index contributed by atoms with van der Waals surface area (Å²) >= 11 is 1.74. The molecule has 0 saturated heterocycles. The molecule has 0 aliphatic carbocycles. The quantitative estimate of drug-likeness (QED) is 0.509. The molecule has 2 rings (SSSR count). The standard InChI is InChI=1S/C15H17N3S/c1-10-5-11(2)7-12(6-10)9-19-13-3-4-14(15(16)17)18-8-13/h3-8H,9H2,1-2H3,(H3,16,17). The first-order valence-electron chi connectivity index (χ1n) is 6.05. The molecule has 0 unspecified atom stereocenters. The first-order valence-corrected chi connectivity index (χ1v) is 7.03. The van der Waals surface area contributed by atoms with Crippen molar-refractivity contribution in [3.63, 3.8) is 0 Å². The van der Waals surface area contributed by atoms with Gasteiger partial charge in [-0.1, -0.05) is 29.3 Å². The topological polar surface area (TPSA) is 62.8 Å². The number of thioether (sulfide) groups is 1. The number of aryl methyl sites for hydroxylation is 2. The second kappa shape index (κ2) is 5.89. The van der Waals surface area contributed by atoms with Crippen LogP contribution in [0.25, 0.3) is 0 Å². The zero-order chi connectivity index (χ0) is 13.8. The summed E-state index contributed by atoms with van der Waals surface area (Å²) < 4.78 is 0. The van der Waals surface area contributed by atoms with Crippen LogP contribution in [0, 0.1) is 19.3 Å². The Morgan fingerprint density at radius 1 is 1.21 bits per heavy atom. The molecule has 0 aliphatic heterocycles. The van der Waals surface area contributed by atoms with Gasteiger partial charge in [0, 0.05) is 16.8 Å². The molecule has 19 heavy (non-hydrogen) atoms. The van der Waals surface area contributed by atoms with Gasteiger partial charge in [0.1, 0.15) is 11.5 Å². The van der Waals surface area contributed by atoms with E-state index in [-0.39, 0.29) is 5.84 Å². The van der Waals surface area contributed by atoms with Crippen LogP contribution in [0.2, 0.25) is 0 Å². The smallest absolute Gasteiger partial charge is 0.141 e. The maximum Gasteiger partial charge on any atom is 0.141 e. The van der Waals surface area contributed by atoms with E-state index in [0.717, 1.165) is 10.6 Å². The van der Waals surface area contributed by atoms with Crippen molar-refractivity contribution in [1.82, 2.24) is 4.98 Å². The van der Waals surface area contributed by atoms with E-state index in [1.54, 1.807) is 24.0 Å². The lowest BCUT2D eigenvalue weighted by molar-refractivity contribution is 1.19. The number of rotatable bonds is 4. The van der Waals surface area contributed by atoms with Crippen LogP contribution in [0.4, 0.5) is 0 Å². The summed E-state index contributed by atoms with van der Waals surface area (Å²) in [5.74, 6) is 0.926. The fraction of sp³-hybridized carbons (Fsp3) is 0.200. The van der Waals surface area contributed by atoms with Crippen molar-refractivity contribution in [2.24, 2.45) is 5.73 Å². The minimum Gasteiger partial charge on any atom is -0.382 e. The predicted molar refractivity (Wildman–Crippen MR) is 80.7 cm³/mol. The Labute approximate surface area is 117 Å². The summed E-state index contributed by atoms with van der Waals surface area (Å²) in [5.41, 5.74) is 9.80. The molecule has 1 aromatic heterocycles. The monoisotopic (exact) mass is 271 g/mol. The summed E-state index contributed by atoms with van der Waals surface area (Å²) in [6.07, 6.45) is 1.77. The summed E-state index contributed by atoms with van der Waals surface area (Å²) in [4.78, 5) is 5.24. The van der Waals surface area contributed by atoms with E-state index in [0.29, 0.717) is 5.69 Å². The predicted octanol–water partition coefficient (Wildman–Crippen LogP) is 3.27. The molecule has 98 valence electrons. The van der Waals surface area contributed by atoms with E-state index < -0.39 is 0 Å². The van der Waals surface area contributed by atoms with Crippen LogP contribution in [0.1, 0.15) is 22.4 Å². The van der Waals surface area contributed by atoms with Gasteiger partial charge in [-0.3, -0.25) is 10.4 Å². The molecule has 1 aromatic carbocycles. The van der Waals surface area contributed by atoms with Crippen LogP contribution in [-0.2, 0) is 5.75 Å². The maximum atomic E-state index is 7.30. The molecule has 2 aromatic rings. The van der Waals surface area contributed by atoms with Gasteiger partial charge in [0.25, 0.3) is 0 Å². The van der Waals surface area contributed by atoms with Crippen LogP contribution in [-0.4, -0.2) is 10.8 Å². The number of nitrogens with one attached hydrogen (secondary N) is 1. The number of amidine groups is 1. The first kappa shape index (κ1) is 13.6. The third-order valence-electron chi connectivity index (χ3n) is 2.70. The Balaban J connectivity index is 2.03. The van der Waals surface area contributed by atoms with Crippen LogP contribution >= 0.6 is 11.8 Å². The molecule has 0 spiro atoms. The molecule has 1 heterocycles. The van der Waals surface area contributed by atoms with E-state index in [2.05, 4.69) is 37.0 Å². The Kier molecular flexibility index (Phi) is 4.22. The summed E-state index contributed by atoms with van der Waals surface area (Å²) in [5, 5.41) is 7.30. The average Bonchev–Trinajstić information content (AvgIpc) is 2.36. The molecule has 0 radical (unpaired) electrons. The van der Waals surface area contributed by atoms with Crippen molar-refractivity contribution < 1.29 is 0 Å². The Morgan fingerprint density at radius 3 is 2.42 bits per heavy atom. The maximum absolute atomic E-state index is 7.30. The van der Waals surface area contributed by atoms with Crippen LogP contribution in [0.5, 0.6) is 0 Å². The van der Waals surface area contributed by atoms with Crippen molar-refractivity contribution in [1.29, 1.82) is 5.41 Å². The van der Waals surface area contributed by atoms with Gasteiger partial charge in [-0.15, -0.1) is 11.8 Å². The van der Waals surface area contributed by atoms with E-state index in [1.165, 1.54) is 16.7 Å². The fourth-order valence-electron chi connectivity index (χ4n) is 1.94. The van der Waals surface area contributed by atoms with E-state index in [4.69, 9.17) is 11.1 Å². The highest BCUT2D eigenvalue weighted by atomic mass is 32.2. The third kappa shape index (κ3) is 3.83. The molecule has 4 heteroatoms. The van der Waals surface area contributed by atoms with Crippen LogP contribution in [0.15, 0.2) is 41.4 Å². The van der Waals surface area contributed by atoms with Crippen molar-refractivity contribution >= 4 is 17.6 Å². The van der Waals surface area contributed by atoms with Gasteiger partial charge in [-0.2, -0.15) is 0 Å². The molecular formula is C15H17N3S. The molecule has 0 aliphatic rings. The minimum absolute atomic E-state index is 0.00542. The highest BCUT2D eigenvalue weighted by molar-refractivity contribution is 7.98. The zero-order valence-corrected chi connectivity index (χ0v) is 11.9. The Hall–Kier alpha value is -1.81. The summed E-state index contributed by atoms with van der Waals surface area (Å²) in [6.45, 7) is 4.23. The molecule has 0 amide bonds. The number of benzene rings is 1. The second-order valence-corrected chi connectivity index (χ2v) is 5.63. The summed E-state index contributed by atoms with van der Waals surface area (Å²) in [6, 6.07) is 10.3. The Morgan fingerprint density at radius 2 is 1.89 bits per heavy atom. The number of hydrogen-bond donors (Lipinski definition) is 2. The molecule has 0 bridgehead atoms. The lowest BCUT2D eigenvalue weighted by Crippen LogP contribution is -2.12. The number of nitrogens with two attached hydrogens (primary N) is 1. The van der Waals surface area contributed by atoms with Gasteiger partial charge in [-0.05, 0) is 31.5 Å². The first-order chi connectivity index (χ1) is 9.04. The molecule has 0 saturated carbocycles. The van der Waals surface area contributed by atoms with Crippen molar-refractivity contribution in [3.8, 4) is 0 Å². The van der Waals surface area contributed by atoms with Crippen molar-refractivity contribution in [2.45, 2.75) is 24.5 Å². The molecule has 0 atom stereocenters. The van der Waals surface area contributed by atoms with Crippen molar-refractivity contribution in [2.75, 3.05) is 0 Å². The lowest BCUT2D eigenvalue weighted by atomic mass is 10.1. The number of nitrogen functional groups attached to an aromatic ring is 1. The molecule has 0 fully saturated rings. The second-order valence-electron chi connectivity index (χ2n) is 4.58. The fourth-order valence-corrected chi connectivity index (χ4v) is 2.74. The molecular weight excluding hydrogens is 254 g/mol. The Bertz CT molecular complexity index is 571. The lowest BCUT2D eigenvalue weighted by Gasteiger charge is -2.05. The number of hydrogen-bond acceptors (Lipinski definition) is 3. The largest absolute Gasteiger partial charge is 0.382 e. The van der Waals surface area contributed by atoms with Gasteiger partial charge < -0.3 is 5.73 Å². The summed E-state index contributed by atoms with van der Waals surface area (Å²) in [7, 11) is 0. The zero-order valence-electron chi connectivity index (χ0n) is 11.1. The van der Waals surface area contributed by atoms with E-state index >= 15 is 0 Å². The van der Waals surface area contributed by atoms with Gasteiger partial charge in [0.2, 0.25) is 0 Å². The molecule has 3 N–H and O–H groups in total.